The number of rotatable bonds is 4. The number of nitrogens with zero attached hydrogens (tertiary/aromatic N) is 2. The molecule has 1 aliphatic heterocycles. The molecule has 1 amide bonds. The molecule has 2 aliphatic carbocycles. The van der Waals surface area contributed by atoms with Crippen LogP contribution < -0.4 is 0 Å². The second kappa shape index (κ2) is 6.83. The number of sulfonamides is 1. The van der Waals surface area contributed by atoms with Crippen LogP contribution in [-0.2, 0) is 14.8 Å². The lowest BCUT2D eigenvalue weighted by atomic mass is 9.86. The van der Waals surface area contributed by atoms with E-state index in [1.807, 2.05) is 4.90 Å². The van der Waals surface area contributed by atoms with Crippen molar-refractivity contribution in [3.63, 3.8) is 0 Å². The van der Waals surface area contributed by atoms with Gasteiger partial charge < -0.3 is 4.90 Å². The van der Waals surface area contributed by atoms with Crippen molar-refractivity contribution in [2.24, 2.45) is 17.8 Å². The first kappa shape index (κ1) is 17.8. The van der Waals surface area contributed by atoms with Gasteiger partial charge in [0.15, 0.2) is 0 Å². The summed E-state index contributed by atoms with van der Waals surface area (Å²) < 4.78 is 27.4. The van der Waals surface area contributed by atoms with Crippen LogP contribution in [0, 0.1) is 17.8 Å². The quantitative estimate of drug-likeness (QED) is 0.777. The molecule has 8 heteroatoms. The average Bonchev–Trinajstić information content (AvgIpc) is 3.32. The lowest BCUT2D eigenvalue weighted by Crippen LogP contribution is -2.50. The van der Waals surface area contributed by atoms with Crippen molar-refractivity contribution in [1.29, 1.82) is 0 Å². The predicted molar refractivity (Wildman–Crippen MR) is 98.2 cm³/mol. The molecule has 3 fully saturated rings. The molecule has 2 heterocycles. The first-order valence-electron chi connectivity index (χ1n) is 8.97. The zero-order valence-corrected chi connectivity index (χ0v) is 16.5. The number of amides is 1. The first-order valence-corrected chi connectivity index (χ1v) is 11.6. The fourth-order valence-corrected chi connectivity index (χ4v) is 7.78. The number of thiophene rings is 1. The van der Waals surface area contributed by atoms with E-state index in [1.165, 1.54) is 30.0 Å². The minimum absolute atomic E-state index is 0.203. The lowest BCUT2D eigenvalue weighted by molar-refractivity contribution is -0.133. The summed E-state index contributed by atoms with van der Waals surface area (Å²) >= 11 is 6.94. The molecule has 3 aliphatic rings. The molecule has 0 N–H and O–H groups in total. The Morgan fingerprint density at radius 1 is 1.16 bits per heavy atom. The third-order valence-electron chi connectivity index (χ3n) is 6.06. The van der Waals surface area contributed by atoms with Crippen LogP contribution in [0.1, 0.15) is 32.1 Å². The van der Waals surface area contributed by atoms with Crippen molar-refractivity contribution >= 4 is 38.9 Å². The molecule has 2 bridgehead atoms. The van der Waals surface area contributed by atoms with Crippen LogP contribution in [0.25, 0.3) is 0 Å². The standard InChI is InChI=1S/C17H23ClN2O3S2/c18-15-3-4-17(24-15)25(22,23)20-7-5-19(6-8-20)16(21)11-14-10-12-1-2-13(14)9-12/h3-4,12-14H,1-2,5-11H2/t12-,13+,14-/m0/s1. The van der Waals surface area contributed by atoms with Crippen molar-refractivity contribution in [1.82, 2.24) is 9.21 Å². The fourth-order valence-electron chi connectivity index (χ4n) is 4.72. The highest BCUT2D eigenvalue weighted by molar-refractivity contribution is 7.91. The number of hydrogen-bond donors (Lipinski definition) is 0. The molecule has 1 aromatic heterocycles. The number of halogens is 1. The number of carbonyl (C=O) groups excluding carboxylic acids is 1. The van der Waals surface area contributed by atoms with Crippen LogP contribution in [0.2, 0.25) is 4.34 Å². The maximum Gasteiger partial charge on any atom is 0.252 e. The van der Waals surface area contributed by atoms with Gasteiger partial charge in [0.1, 0.15) is 4.21 Å². The van der Waals surface area contributed by atoms with E-state index in [-0.39, 0.29) is 10.1 Å². The Bertz CT molecular complexity index is 756. The van der Waals surface area contributed by atoms with Gasteiger partial charge in [0.25, 0.3) is 10.0 Å². The van der Waals surface area contributed by atoms with E-state index in [1.54, 1.807) is 12.1 Å². The van der Waals surface area contributed by atoms with Crippen molar-refractivity contribution < 1.29 is 13.2 Å². The highest BCUT2D eigenvalue weighted by Gasteiger charge is 2.41. The Labute approximate surface area is 158 Å². The van der Waals surface area contributed by atoms with Crippen molar-refractivity contribution in [3.05, 3.63) is 16.5 Å². The van der Waals surface area contributed by atoms with Gasteiger partial charge in [0.05, 0.1) is 4.34 Å². The second-order valence-electron chi connectivity index (χ2n) is 7.48. The summed E-state index contributed by atoms with van der Waals surface area (Å²) in [6.07, 6.45) is 5.81. The molecule has 3 atom stereocenters. The maximum atomic E-state index is 12.6. The van der Waals surface area contributed by atoms with Gasteiger partial charge >= 0.3 is 0 Å². The van der Waals surface area contributed by atoms with Gasteiger partial charge in [-0.2, -0.15) is 4.31 Å². The van der Waals surface area contributed by atoms with Gasteiger partial charge in [0.2, 0.25) is 5.91 Å². The molecule has 1 saturated heterocycles. The Morgan fingerprint density at radius 3 is 2.48 bits per heavy atom. The SMILES string of the molecule is O=C(C[C@@H]1C[C@H]2CC[C@@H]1C2)N1CCN(S(=O)(=O)c2ccc(Cl)s2)CC1. The molecule has 0 unspecified atom stereocenters. The smallest absolute Gasteiger partial charge is 0.252 e. The van der Waals surface area contributed by atoms with Gasteiger partial charge in [0, 0.05) is 32.6 Å². The minimum atomic E-state index is -3.49. The van der Waals surface area contributed by atoms with Crippen LogP contribution in [0.5, 0.6) is 0 Å². The fraction of sp³-hybridized carbons (Fsp3) is 0.706. The van der Waals surface area contributed by atoms with E-state index in [4.69, 9.17) is 11.6 Å². The van der Waals surface area contributed by atoms with Gasteiger partial charge in [-0.25, -0.2) is 8.42 Å². The largest absolute Gasteiger partial charge is 0.340 e. The van der Waals surface area contributed by atoms with Gasteiger partial charge in [-0.1, -0.05) is 18.0 Å². The Morgan fingerprint density at radius 2 is 1.92 bits per heavy atom. The Balaban J connectivity index is 1.33. The first-order chi connectivity index (χ1) is 11.9. The van der Waals surface area contributed by atoms with Crippen LogP contribution in [0.15, 0.2) is 16.3 Å². The average molecular weight is 403 g/mol. The molecule has 2 saturated carbocycles. The van der Waals surface area contributed by atoms with E-state index in [9.17, 15) is 13.2 Å². The van der Waals surface area contributed by atoms with Crippen molar-refractivity contribution in [3.8, 4) is 0 Å². The van der Waals surface area contributed by atoms with Crippen molar-refractivity contribution in [2.45, 2.75) is 36.3 Å². The molecular formula is C17H23ClN2O3S2. The van der Waals surface area contributed by atoms with Gasteiger partial charge in [-0.05, 0) is 49.1 Å². The molecule has 0 spiro atoms. The third kappa shape index (κ3) is 3.48. The predicted octanol–water partition coefficient (Wildman–Crippen LogP) is 3.06. The highest BCUT2D eigenvalue weighted by Crippen LogP contribution is 2.49. The maximum absolute atomic E-state index is 12.6. The Hall–Kier alpha value is -0.630. The summed E-state index contributed by atoms with van der Waals surface area (Å²) in [4.78, 5) is 14.4. The summed E-state index contributed by atoms with van der Waals surface area (Å²) in [5.41, 5.74) is 0. The highest BCUT2D eigenvalue weighted by atomic mass is 35.5. The molecule has 5 nitrogen and oxygen atoms in total. The van der Waals surface area contributed by atoms with Gasteiger partial charge in [-0.3, -0.25) is 4.79 Å². The molecule has 0 aromatic carbocycles. The van der Waals surface area contributed by atoms with E-state index in [0.29, 0.717) is 42.9 Å². The number of piperazine rings is 1. The molecule has 0 radical (unpaired) electrons. The monoisotopic (exact) mass is 402 g/mol. The summed E-state index contributed by atoms with van der Waals surface area (Å²) in [7, 11) is -3.49. The number of hydrogen-bond acceptors (Lipinski definition) is 4. The zero-order chi connectivity index (χ0) is 17.6. The summed E-state index contributed by atoms with van der Waals surface area (Å²) in [6.45, 7) is 1.69. The summed E-state index contributed by atoms with van der Waals surface area (Å²) in [5.74, 6) is 2.36. The van der Waals surface area contributed by atoms with E-state index in [2.05, 4.69) is 0 Å². The Kier molecular flexibility index (Phi) is 4.86. The van der Waals surface area contributed by atoms with Crippen molar-refractivity contribution in [2.75, 3.05) is 26.2 Å². The van der Waals surface area contributed by atoms with Crippen LogP contribution >= 0.6 is 22.9 Å². The van der Waals surface area contributed by atoms with Crippen LogP contribution in [-0.4, -0.2) is 49.7 Å². The minimum Gasteiger partial charge on any atom is -0.340 e. The molecule has 4 rings (SSSR count). The summed E-state index contributed by atoms with van der Waals surface area (Å²) in [6, 6.07) is 3.16. The van der Waals surface area contributed by atoms with E-state index in [0.717, 1.165) is 23.2 Å². The second-order valence-corrected chi connectivity index (χ2v) is 11.4. The van der Waals surface area contributed by atoms with Gasteiger partial charge in [-0.15, -0.1) is 11.3 Å². The summed E-state index contributed by atoms with van der Waals surface area (Å²) in [5, 5.41) is 0. The molecule has 1 aromatic rings. The number of fused-ring (bicyclic) bond motifs is 2. The van der Waals surface area contributed by atoms with Crippen LogP contribution in [0.3, 0.4) is 0 Å². The topological polar surface area (TPSA) is 57.7 Å². The molecule has 138 valence electrons. The third-order valence-corrected chi connectivity index (χ3v) is 9.65. The molecular weight excluding hydrogens is 380 g/mol. The lowest BCUT2D eigenvalue weighted by Gasteiger charge is -2.34. The molecule has 25 heavy (non-hydrogen) atoms. The number of carbonyl (C=O) groups is 1. The normalized spacial score (nSPS) is 30.1. The van der Waals surface area contributed by atoms with E-state index >= 15 is 0 Å². The van der Waals surface area contributed by atoms with E-state index < -0.39 is 10.0 Å². The zero-order valence-electron chi connectivity index (χ0n) is 14.1. The van der Waals surface area contributed by atoms with Crippen LogP contribution in [0.4, 0.5) is 0 Å².